The molecule has 3 aromatic rings. The number of nitrogens with one attached hydrogen (secondary N) is 1. The molecule has 3 rings (SSSR count). The first-order chi connectivity index (χ1) is 13.0. The quantitative estimate of drug-likeness (QED) is 0.409. The fourth-order valence-corrected chi connectivity index (χ4v) is 5.78. The van der Waals surface area contributed by atoms with Crippen LogP contribution < -0.4 is 14.2 Å². The zero-order valence-corrected chi connectivity index (χ0v) is 17.4. The Hall–Kier alpha value is -1.97. The van der Waals surface area contributed by atoms with E-state index in [1.807, 2.05) is 24.3 Å². The molecule has 1 N–H and O–H groups in total. The summed E-state index contributed by atoms with van der Waals surface area (Å²) in [6, 6.07) is 12.9. The molecule has 9 heteroatoms. The molecular weight excluding hydrogens is 404 g/mol. The summed E-state index contributed by atoms with van der Waals surface area (Å²) in [5.74, 6) is 1.77. The Labute approximate surface area is 167 Å². The van der Waals surface area contributed by atoms with Crippen molar-refractivity contribution in [2.24, 2.45) is 0 Å². The van der Waals surface area contributed by atoms with Crippen molar-refractivity contribution >= 4 is 49.0 Å². The number of methoxy groups -OCH3 is 2. The molecule has 1 aromatic heterocycles. The standard InChI is InChI=1S/C18H20N2O4S3/c1-23-14-10-13(11-15(12-14)24-2)20-27(21,22)9-5-8-25-18-19-16-6-3-4-7-17(16)26-18/h3-4,6-7,10-12,20H,5,8-9H2,1-2H3. The Morgan fingerprint density at radius 3 is 2.48 bits per heavy atom. The van der Waals surface area contributed by atoms with Gasteiger partial charge in [0.2, 0.25) is 10.0 Å². The van der Waals surface area contributed by atoms with Gasteiger partial charge in [-0.05, 0) is 18.6 Å². The topological polar surface area (TPSA) is 77.5 Å². The summed E-state index contributed by atoms with van der Waals surface area (Å²) in [5, 5.41) is 0. The molecule has 0 aliphatic carbocycles. The number of benzene rings is 2. The van der Waals surface area contributed by atoms with E-state index in [2.05, 4.69) is 9.71 Å². The number of anilines is 1. The molecule has 2 aromatic carbocycles. The van der Waals surface area contributed by atoms with Crippen molar-refractivity contribution in [3.63, 3.8) is 0 Å². The van der Waals surface area contributed by atoms with Crippen LogP contribution >= 0.6 is 23.1 Å². The summed E-state index contributed by atoms with van der Waals surface area (Å²) < 4.78 is 39.7. The second-order valence-corrected chi connectivity index (χ2v) is 9.89. The first-order valence-electron chi connectivity index (χ1n) is 8.21. The van der Waals surface area contributed by atoms with Gasteiger partial charge in [0.1, 0.15) is 11.5 Å². The van der Waals surface area contributed by atoms with Crippen molar-refractivity contribution in [2.75, 3.05) is 30.4 Å². The SMILES string of the molecule is COc1cc(NS(=O)(=O)CCCSc2nc3ccccc3s2)cc(OC)c1. The number of hydrogen-bond acceptors (Lipinski definition) is 7. The van der Waals surface area contributed by atoms with E-state index in [0.717, 1.165) is 14.6 Å². The number of rotatable bonds is 9. The van der Waals surface area contributed by atoms with Crippen LogP contribution in [0.2, 0.25) is 0 Å². The van der Waals surface area contributed by atoms with Gasteiger partial charge < -0.3 is 9.47 Å². The molecule has 0 aliphatic heterocycles. The molecule has 0 saturated carbocycles. The van der Waals surface area contributed by atoms with Gasteiger partial charge in [0.25, 0.3) is 0 Å². The summed E-state index contributed by atoms with van der Waals surface area (Å²) in [5.41, 5.74) is 1.40. The lowest BCUT2D eigenvalue weighted by Crippen LogP contribution is -2.17. The van der Waals surface area contributed by atoms with Crippen LogP contribution in [0.1, 0.15) is 6.42 Å². The average molecular weight is 425 g/mol. The van der Waals surface area contributed by atoms with Crippen molar-refractivity contribution in [3.8, 4) is 11.5 Å². The van der Waals surface area contributed by atoms with Gasteiger partial charge in [-0.25, -0.2) is 13.4 Å². The van der Waals surface area contributed by atoms with Crippen LogP contribution in [-0.4, -0.2) is 39.1 Å². The van der Waals surface area contributed by atoms with E-state index >= 15 is 0 Å². The number of hydrogen-bond donors (Lipinski definition) is 1. The van der Waals surface area contributed by atoms with E-state index in [4.69, 9.17) is 9.47 Å². The van der Waals surface area contributed by atoms with E-state index < -0.39 is 10.0 Å². The number of thioether (sulfide) groups is 1. The average Bonchev–Trinajstić information content (AvgIpc) is 3.07. The fraction of sp³-hybridized carbons (Fsp3) is 0.278. The van der Waals surface area contributed by atoms with Crippen LogP contribution in [0.25, 0.3) is 10.2 Å². The van der Waals surface area contributed by atoms with Gasteiger partial charge >= 0.3 is 0 Å². The fourth-order valence-electron chi connectivity index (χ4n) is 2.42. The Morgan fingerprint density at radius 2 is 1.81 bits per heavy atom. The predicted molar refractivity (Wildman–Crippen MR) is 112 cm³/mol. The van der Waals surface area contributed by atoms with Crippen LogP contribution in [-0.2, 0) is 10.0 Å². The van der Waals surface area contributed by atoms with Crippen LogP contribution in [0.5, 0.6) is 11.5 Å². The summed E-state index contributed by atoms with van der Waals surface area (Å²) in [6.45, 7) is 0. The van der Waals surface area contributed by atoms with Gasteiger partial charge in [0.05, 0.1) is 35.9 Å². The lowest BCUT2D eigenvalue weighted by atomic mass is 10.3. The van der Waals surface area contributed by atoms with Gasteiger partial charge in [-0.2, -0.15) is 0 Å². The predicted octanol–water partition coefficient (Wildman–Crippen LogP) is 4.24. The van der Waals surface area contributed by atoms with Crippen molar-refractivity contribution in [1.29, 1.82) is 0 Å². The maximum Gasteiger partial charge on any atom is 0.232 e. The highest BCUT2D eigenvalue weighted by Crippen LogP contribution is 2.30. The molecule has 0 bridgehead atoms. The molecule has 0 atom stereocenters. The largest absolute Gasteiger partial charge is 0.497 e. The highest BCUT2D eigenvalue weighted by atomic mass is 32.2. The maximum absolute atomic E-state index is 12.3. The molecule has 0 saturated heterocycles. The monoisotopic (exact) mass is 424 g/mol. The summed E-state index contributed by atoms with van der Waals surface area (Å²) in [6.07, 6.45) is 0.525. The van der Waals surface area contributed by atoms with E-state index in [9.17, 15) is 8.42 Å². The molecule has 144 valence electrons. The minimum Gasteiger partial charge on any atom is -0.497 e. The van der Waals surface area contributed by atoms with Gasteiger partial charge in [0.15, 0.2) is 4.34 Å². The molecule has 0 unspecified atom stereocenters. The third-order valence-electron chi connectivity index (χ3n) is 3.68. The molecule has 0 aliphatic rings. The third kappa shape index (κ3) is 5.50. The molecule has 27 heavy (non-hydrogen) atoms. The molecule has 1 heterocycles. The van der Waals surface area contributed by atoms with E-state index in [-0.39, 0.29) is 5.75 Å². The summed E-state index contributed by atoms with van der Waals surface area (Å²) >= 11 is 3.21. The molecule has 6 nitrogen and oxygen atoms in total. The molecular formula is C18H20N2O4S3. The minimum atomic E-state index is -3.46. The Balaban J connectivity index is 1.54. The van der Waals surface area contributed by atoms with Crippen LogP contribution in [0.15, 0.2) is 46.8 Å². The second kappa shape index (κ2) is 8.81. The lowest BCUT2D eigenvalue weighted by molar-refractivity contribution is 0.395. The van der Waals surface area contributed by atoms with Gasteiger partial charge in [-0.3, -0.25) is 4.72 Å². The highest BCUT2D eigenvalue weighted by Gasteiger charge is 2.13. The number of sulfonamides is 1. The zero-order valence-electron chi connectivity index (χ0n) is 15.0. The van der Waals surface area contributed by atoms with Gasteiger partial charge in [0, 0.05) is 24.0 Å². The minimum absolute atomic E-state index is 0.0322. The summed E-state index contributed by atoms with van der Waals surface area (Å²) in [4.78, 5) is 4.54. The number of thiazole rings is 1. The number of para-hydroxylation sites is 1. The number of fused-ring (bicyclic) bond motifs is 1. The first-order valence-corrected chi connectivity index (χ1v) is 11.7. The third-order valence-corrected chi connectivity index (χ3v) is 7.32. The van der Waals surface area contributed by atoms with Crippen molar-refractivity contribution in [1.82, 2.24) is 4.98 Å². The Bertz CT molecular complexity index is 963. The number of nitrogens with zero attached hydrogens (tertiary/aromatic N) is 1. The smallest absolute Gasteiger partial charge is 0.232 e. The normalized spacial score (nSPS) is 11.5. The Kier molecular flexibility index (Phi) is 6.46. The van der Waals surface area contributed by atoms with Crippen LogP contribution in [0, 0.1) is 0 Å². The first kappa shape index (κ1) is 19.8. The second-order valence-electron chi connectivity index (χ2n) is 5.67. The number of ether oxygens (including phenoxy) is 2. The van der Waals surface area contributed by atoms with Crippen LogP contribution in [0.3, 0.4) is 0 Å². The van der Waals surface area contributed by atoms with Crippen molar-refractivity contribution < 1.29 is 17.9 Å². The highest BCUT2D eigenvalue weighted by molar-refractivity contribution is 8.01. The van der Waals surface area contributed by atoms with E-state index in [0.29, 0.717) is 29.4 Å². The molecule has 0 radical (unpaired) electrons. The molecule has 0 spiro atoms. The van der Waals surface area contributed by atoms with E-state index in [1.54, 1.807) is 41.3 Å². The Morgan fingerprint density at radius 1 is 1.11 bits per heavy atom. The number of aromatic nitrogens is 1. The van der Waals surface area contributed by atoms with Crippen molar-refractivity contribution in [2.45, 2.75) is 10.8 Å². The lowest BCUT2D eigenvalue weighted by Gasteiger charge is -2.11. The van der Waals surface area contributed by atoms with Gasteiger partial charge in [-0.15, -0.1) is 11.3 Å². The summed E-state index contributed by atoms with van der Waals surface area (Å²) in [7, 11) is -0.415. The van der Waals surface area contributed by atoms with Crippen molar-refractivity contribution in [3.05, 3.63) is 42.5 Å². The molecule has 0 amide bonds. The molecule has 0 fully saturated rings. The van der Waals surface area contributed by atoms with Crippen LogP contribution in [0.4, 0.5) is 5.69 Å². The zero-order chi connectivity index (χ0) is 19.3. The van der Waals surface area contributed by atoms with Gasteiger partial charge in [-0.1, -0.05) is 23.9 Å². The van der Waals surface area contributed by atoms with E-state index in [1.165, 1.54) is 14.2 Å². The maximum atomic E-state index is 12.3.